The first kappa shape index (κ1) is 12.8. The predicted octanol–water partition coefficient (Wildman–Crippen LogP) is 4.12. The molecule has 20 heavy (non-hydrogen) atoms. The second kappa shape index (κ2) is 4.71. The normalized spacial score (nSPS) is 12.3. The van der Waals surface area contributed by atoms with Gasteiger partial charge in [-0.2, -0.15) is 0 Å². The van der Waals surface area contributed by atoms with E-state index < -0.39 is 0 Å². The Hall–Kier alpha value is -2.23. The largest absolute Gasteiger partial charge is 0.393 e. The van der Waals surface area contributed by atoms with Gasteiger partial charge in [0.05, 0.1) is 0 Å². The van der Waals surface area contributed by atoms with Gasteiger partial charge in [0.15, 0.2) is 0 Å². The fourth-order valence-corrected chi connectivity index (χ4v) is 2.30. The van der Waals surface area contributed by atoms with Crippen LogP contribution in [0.25, 0.3) is 11.1 Å². The van der Waals surface area contributed by atoms with E-state index in [2.05, 4.69) is 5.16 Å². The molecule has 0 fully saturated rings. The highest BCUT2D eigenvalue weighted by Gasteiger charge is 2.26. The number of benzene rings is 2. The van der Waals surface area contributed by atoms with Crippen LogP contribution in [0.1, 0.15) is 25.0 Å². The van der Waals surface area contributed by atoms with E-state index in [1.54, 1.807) is 12.1 Å². The average Bonchev–Trinajstić information content (AvgIpc) is 2.68. The molecule has 0 N–H and O–H groups in total. The molecule has 2 aromatic carbocycles. The number of rotatable bonds is 2. The first-order valence-corrected chi connectivity index (χ1v) is 6.40. The molecule has 0 amide bonds. The Labute approximate surface area is 115 Å². The molecule has 0 aromatic heterocycles. The van der Waals surface area contributed by atoms with Crippen LogP contribution < -0.4 is 0 Å². The van der Waals surface area contributed by atoms with E-state index in [0.717, 1.165) is 11.1 Å². The lowest BCUT2D eigenvalue weighted by molar-refractivity contribution is 0.0863. The molecule has 0 radical (unpaired) electrons. The van der Waals surface area contributed by atoms with Gasteiger partial charge in [-0.1, -0.05) is 17.3 Å². The molecule has 0 bridgehead atoms. The van der Waals surface area contributed by atoms with Crippen molar-refractivity contribution in [3.8, 4) is 11.1 Å². The third-order valence-corrected chi connectivity index (χ3v) is 3.12. The number of hydrogen-bond acceptors (Lipinski definition) is 2. The predicted molar refractivity (Wildman–Crippen MR) is 73.7 cm³/mol. The van der Waals surface area contributed by atoms with E-state index in [9.17, 15) is 8.78 Å². The summed E-state index contributed by atoms with van der Waals surface area (Å²) in [7, 11) is 0. The zero-order chi connectivity index (χ0) is 14.3. The maximum absolute atomic E-state index is 13.5. The summed E-state index contributed by atoms with van der Waals surface area (Å²) in [5.41, 5.74) is 3.42. The minimum Gasteiger partial charge on any atom is -0.393 e. The summed E-state index contributed by atoms with van der Waals surface area (Å²) < 4.78 is 26.9. The number of oxime groups is 1. The summed E-state index contributed by atoms with van der Waals surface area (Å²) in [5.74, 6) is -0.705. The van der Waals surface area contributed by atoms with E-state index in [1.165, 1.54) is 24.3 Å². The molecular weight excluding hydrogens is 260 g/mol. The van der Waals surface area contributed by atoms with Gasteiger partial charge in [0.1, 0.15) is 23.5 Å². The molecular formula is C16H13F2NO. The van der Waals surface area contributed by atoms with Crippen LogP contribution in [-0.2, 0) is 4.84 Å². The third-order valence-electron chi connectivity index (χ3n) is 3.12. The summed E-state index contributed by atoms with van der Waals surface area (Å²) in [5, 5.41) is 4.07. The maximum atomic E-state index is 13.5. The molecule has 4 heteroatoms. The van der Waals surface area contributed by atoms with Gasteiger partial charge in [-0.3, -0.25) is 0 Å². The summed E-state index contributed by atoms with van der Waals surface area (Å²) in [4.78, 5) is 5.26. The zero-order valence-corrected chi connectivity index (χ0v) is 11.2. The van der Waals surface area contributed by atoms with Gasteiger partial charge in [0.25, 0.3) is 0 Å². The first-order valence-electron chi connectivity index (χ1n) is 6.40. The molecule has 0 saturated carbocycles. The molecule has 0 atom stereocenters. The molecule has 2 aromatic rings. The summed E-state index contributed by atoms with van der Waals surface area (Å²) in [6.07, 6.45) is -0.0999. The minimum absolute atomic E-state index is 0.0999. The number of halogens is 2. The van der Waals surface area contributed by atoms with Gasteiger partial charge in [0, 0.05) is 11.1 Å². The van der Waals surface area contributed by atoms with Crippen LogP contribution in [0, 0.1) is 11.6 Å². The van der Waals surface area contributed by atoms with Crippen LogP contribution in [0.15, 0.2) is 41.6 Å². The topological polar surface area (TPSA) is 21.6 Å². The lowest BCUT2D eigenvalue weighted by atomic mass is 10.1. The van der Waals surface area contributed by atoms with Crippen LogP contribution in [0.5, 0.6) is 0 Å². The van der Waals surface area contributed by atoms with Gasteiger partial charge in [-0.15, -0.1) is 0 Å². The van der Waals surface area contributed by atoms with Crippen molar-refractivity contribution in [2.45, 2.75) is 20.0 Å². The molecule has 0 spiro atoms. The lowest BCUT2D eigenvalue weighted by Crippen LogP contribution is -2.04. The standard InChI is InChI=1S/C16H13F2NO/c1-9(2)20-19-16-14-7-10(17)3-5-12(14)13-6-4-11(18)8-15(13)16/h3-9H,1-2H3. The van der Waals surface area contributed by atoms with Crippen molar-refractivity contribution in [2.75, 3.05) is 0 Å². The van der Waals surface area contributed by atoms with Gasteiger partial charge in [-0.05, 0) is 49.2 Å². The van der Waals surface area contributed by atoms with E-state index in [1.807, 2.05) is 13.8 Å². The Morgan fingerprint density at radius 3 is 1.80 bits per heavy atom. The van der Waals surface area contributed by atoms with Crippen LogP contribution >= 0.6 is 0 Å². The number of fused-ring (bicyclic) bond motifs is 3. The minimum atomic E-state index is -0.353. The highest BCUT2D eigenvalue weighted by Crippen LogP contribution is 2.37. The zero-order valence-electron chi connectivity index (χ0n) is 11.2. The molecule has 102 valence electrons. The van der Waals surface area contributed by atoms with Crippen molar-refractivity contribution in [3.05, 3.63) is 59.2 Å². The summed E-state index contributed by atoms with van der Waals surface area (Å²) >= 11 is 0. The quantitative estimate of drug-likeness (QED) is 0.643. The molecule has 0 aliphatic heterocycles. The van der Waals surface area contributed by atoms with Crippen molar-refractivity contribution in [1.29, 1.82) is 0 Å². The Bertz CT molecular complexity index is 654. The van der Waals surface area contributed by atoms with Gasteiger partial charge in [0.2, 0.25) is 0 Å². The molecule has 0 unspecified atom stereocenters. The fraction of sp³-hybridized carbons (Fsp3) is 0.188. The van der Waals surface area contributed by atoms with Gasteiger partial charge < -0.3 is 4.84 Å². The highest BCUT2D eigenvalue weighted by atomic mass is 19.1. The van der Waals surface area contributed by atoms with Crippen LogP contribution in [-0.4, -0.2) is 11.8 Å². The maximum Gasteiger partial charge on any atom is 0.123 e. The fourth-order valence-electron chi connectivity index (χ4n) is 2.30. The van der Waals surface area contributed by atoms with E-state index in [4.69, 9.17) is 4.84 Å². The Balaban J connectivity index is 2.22. The average molecular weight is 273 g/mol. The Morgan fingerprint density at radius 2 is 1.35 bits per heavy atom. The highest BCUT2D eigenvalue weighted by molar-refractivity contribution is 6.24. The molecule has 3 rings (SSSR count). The third kappa shape index (κ3) is 2.07. The smallest absolute Gasteiger partial charge is 0.123 e. The van der Waals surface area contributed by atoms with E-state index >= 15 is 0 Å². The van der Waals surface area contributed by atoms with Crippen molar-refractivity contribution in [2.24, 2.45) is 5.16 Å². The second-order valence-electron chi connectivity index (χ2n) is 4.97. The molecule has 0 heterocycles. The lowest BCUT2D eigenvalue weighted by Gasteiger charge is -2.05. The van der Waals surface area contributed by atoms with Crippen LogP contribution in [0.3, 0.4) is 0 Å². The molecule has 0 saturated heterocycles. The van der Waals surface area contributed by atoms with Crippen molar-refractivity contribution < 1.29 is 13.6 Å². The van der Waals surface area contributed by atoms with E-state index in [-0.39, 0.29) is 17.7 Å². The van der Waals surface area contributed by atoms with Crippen molar-refractivity contribution in [1.82, 2.24) is 0 Å². The molecule has 1 aliphatic rings. The summed E-state index contributed by atoms with van der Waals surface area (Å²) in [6.45, 7) is 3.69. The summed E-state index contributed by atoms with van der Waals surface area (Å²) in [6, 6.07) is 8.93. The van der Waals surface area contributed by atoms with E-state index in [0.29, 0.717) is 16.8 Å². The number of nitrogens with zero attached hydrogens (tertiary/aromatic N) is 1. The number of hydrogen-bond donors (Lipinski definition) is 0. The van der Waals surface area contributed by atoms with Gasteiger partial charge >= 0.3 is 0 Å². The molecule has 2 nitrogen and oxygen atoms in total. The van der Waals surface area contributed by atoms with Crippen molar-refractivity contribution >= 4 is 5.71 Å². The SMILES string of the molecule is CC(C)ON=C1c2cc(F)ccc2-c2ccc(F)cc21. The first-order chi connectivity index (χ1) is 9.56. The van der Waals surface area contributed by atoms with Crippen LogP contribution in [0.2, 0.25) is 0 Å². The molecule has 1 aliphatic carbocycles. The van der Waals surface area contributed by atoms with Crippen LogP contribution in [0.4, 0.5) is 8.78 Å². The Kier molecular flexibility index (Phi) is 3.01. The Morgan fingerprint density at radius 1 is 0.850 bits per heavy atom. The van der Waals surface area contributed by atoms with Gasteiger partial charge in [-0.25, -0.2) is 8.78 Å². The van der Waals surface area contributed by atoms with Crippen molar-refractivity contribution in [3.63, 3.8) is 0 Å². The second-order valence-corrected chi connectivity index (χ2v) is 4.97. The monoisotopic (exact) mass is 273 g/mol.